The van der Waals surface area contributed by atoms with Gasteiger partial charge in [0.1, 0.15) is 6.61 Å². The van der Waals surface area contributed by atoms with E-state index in [9.17, 15) is 10.0 Å². The molecule has 1 fully saturated rings. The summed E-state index contributed by atoms with van der Waals surface area (Å²) in [6.45, 7) is 17.2. The average molecular weight is 407 g/mol. The van der Waals surface area contributed by atoms with Crippen LogP contribution in [0.4, 0.5) is 4.79 Å². The largest absolute Gasteiger partial charge is 0.619 e. The van der Waals surface area contributed by atoms with Crippen molar-refractivity contribution in [3.63, 3.8) is 0 Å². The summed E-state index contributed by atoms with van der Waals surface area (Å²) in [5.41, 5.74) is 1.60. The first-order valence-electron chi connectivity index (χ1n) is 9.86. The van der Waals surface area contributed by atoms with E-state index in [4.69, 9.17) is 9.16 Å². The Hall–Kier alpha value is -1.86. The lowest BCUT2D eigenvalue weighted by molar-refractivity contribution is -0.612. The van der Waals surface area contributed by atoms with Gasteiger partial charge in [-0.05, 0) is 37.0 Å². The van der Waals surface area contributed by atoms with Gasteiger partial charge < -0.3 is 19.3 Å². The van der Waals surface area contributed by atoms with E-state index in [1.54, 1.807) is 24.0 Å². The van der Waals surface area contributed by atoms with E-state index >= 15 is 0 Å². The van der Waals surface area contributed by atoms with Crippen molar-refractivity contribution in [1.29, 1.82) is 0 Å². The number of carbonyl (C=O) groups is 1. The van der Waals surface area contributed by atoms with Crippen LogP contribution in [0.3, 0.4) is 0 Å². The van der Waals surface area contributed by atoms with Crippen LogP contribution < -0.4 is 4.73 Å². The van der Waals surface area contributed by atoms with E-state index in [1.807, 2.05) is 6.07 Å². The minimum atomic E-state index is -1.95. The zero-order chi connectivity index (χ0) is 21.1. The van der Waals surface area contributed by atoms with Crippen molar-refractivity contribution >= 4 is 14.4 Å². The van der Waals surface area contributed by atoms with E-state index in [0.29, 0.717) is 18.7 Å². The van der Waals surface area contributed by atoms with Crippen molar-refractivity contribution in [2.75, 3.05) is 13.2 Å². The summed E-state index contributed by atoms with van der Waals surface area (Å²) < 4.78 is 12.7. The average Bonchev–Trinajstić information content (AvgIpc) is 2.97. The van der Waals surface area contributed by atoms with Gasteiger partial charge in [0, 0.05) is 31.1 Å². The van der Waals surface area contributed by atoms with Gasteiger partial charge in [0.2, 0.25) is 0 Å². The monoisotopic (exact) mass is 406 g/mol. The number of carbonyl (C=O) groups excluding carboxylic acids is 1. The molecule has 1 aromatic heterocycles. The summed E-state index contributed by atoms with van der Waals surface area (Å²) in [6.07, 6.45) is 4.03. The first-order valence-corrected chi connectivity index (χ1v) is 12.8. The topological polar surface area (TPSA) is 65.7 Å². The second-order valence-electron chi connectivity index (χ2n) is 9.06. The minimum absolute atomic E-state index is 0.0226. The molecule has 2 heterocycles. The lowest BCUT2D eigenvalue weighted by Crippen LogP contribution is -2.45. The Labute approximate surface area is 169 Å². The standard InChI is InChI=1S/C21H34N2O4Si/c1-8-12-26-20(24)22-15-19(27-28(6,7)21(3,4)5)14-18(22)13-17-10-9-11-23(25)16(17)2/h8-11,18-19H,1,12-15H2,2-7H3/t18-,19-/m1/s1. The second kappa shape index (κ2) is 8.65. The Morgan fingerprint density at radius 2 is 2.14 bits per heavy atom. The Morgan fingerprint density at radius 3 is 2.75 bits per heavy atom. The number of ether oxygens (including phenoxy) is 1. The van der Waals surface area contributed by atoms with Crippen LogP contribution in [0.5, 0.6) is 0 Å². The molecule has 1 aromatic rings. The Bertz CT molecular complexity index is 715. The third-order valence-electron chi connectivity index (χ3n) is 5.97. The molecule has 0 radical (unpaired) electrons. The fraction of sp³-hybridized carbons (Fsp3) is 0.619. The molecule has 0 spiro atoms. The minimum Gasteiger partial charge on any atom is -0.619 e. The van der Waals surface area contributed by atoms with E-state index < -0.39 is 8.32 Å². The summed E-state index contributed by atoms with van der Waals surface area (Å²) in [5, 5.41) is 12.0. The highest BCUT2D eigenvalue weighted by molar-refractivity contribution is 6.74. The van der Waals surface area contributed by atoms with Crippen LogP contribution in [-0.4, -0.2) is 44.6 Å². The summed E-state index contributed by atoms with van der Waals surface area (Å²) in [7, 11) is -1.95. The molecule has 0 saturated carbocycles. The molecule has 0 bridgehead atoms. The van der Waals surface area contributed by atoms with Crippen molar-refractivity contribution in [3.8, 4) is 0 Å². The maximum absolute atomic E-state index is 12.6. The third kappa shape index (κ3) is 5.14. The quantitative estimate of drug-likeness (QED) is 0.310. The molecule has 0 aliphatic carbocycles. The molecule has 1 aliphatic rings. The lowest BCUT2D eigenvalue weighted by atomic mass is 10.0. The molecule has 2 atom stereocenters. The Kier molecular flexibility index (Phi) is 6.93. The molecule has 6 nitrogen and oxygen atoms in total. The highest BCUT2D eigenvalue weighted by atomic mass is 28.4. The number of amides is 1. The molecule has 28 heavy (non-hydrogen) atoms. The molecular formula is C21H34N2O4Si. The van der Waals surface area contributed by atoms with Gasteiger partial charge in [0.15, 0.2) is 20.2 Å². The van der Waals surface area contributed by atoms with Gasteiger partial charge in [-0.15, -0.1) is 0 Å². The van der Waals surface area contributed by atoms with Gasteiger partial charge in [-0.1, -0.05) is 33.4 Å². The maximum atomic E-state index is 12.6. The van der Waals surface area contributed by atoms with E-state index in [1.165, 1.54) is 6.20 Å². The number of rotatable bonds is 6. The molecule has 2 rings (SSSR count). The molecule has 1 saturated heterocycles. The molecule has 156 valence electrons. The predicted octanol–water partition coefficient (Wildman–Crippen LogP) is 3.96. The fourth-order valence-corrected chi connectivity index (χ4v) is 4.62. The zero-order valence-electron chi connectivity index (χ0n) is 18.0. The molecule has 7 heteroatoms. The number of likely N-dealkylation sites (tertiary alicyclic amines) is 1. The highest BCUT2D eigenvalue weighted by Gasteiger charge is 2.44. The number of pyridine rings is 1. The van der Waals surface area contributed by atoms with Crippen LogP contribution in [0.1, 0.15) is 38.4 Å². The number of hydrogen-bond donors (Lipinski definition) is 0. The zero-order valence-corrected chi connectivity index (χ0v) is 19.0. The van der Waals surface area contributed by atoms with Crippen molar-refractivity contribution in [1.82, 2.24) is 4.90 Å². The lowest BCUT2D eigenvalue weighted by Gasteiger charge is -2.38. The maximum Gasteiger partial charge on any atom is 0.410 e. The second-order valence-corrected chi connectivity index (χ2v) is 13.8. The summed E-state index contributed by atoms with van der Waals surface area (Å²) in [4.78, 5) is 14.4. The normalized spacial score (nSPS) is 20.3. The first-order chi connectivity index (χ1) is 13.0. The van der Waals surface area contributed by atoms with Crippen LogP contribution >= 0.6 is 0 Å². The first kappa shape index (κ1) is 22.4. The van der Waals surface area contributed by atoms with Crippen LogP contribution in [0.15, 0.2) is 31.0 Å². The van der Waals surface area contributed by atoms with Gasteiger partial charge in [-0.2, -0.15) is 4.73 Å². The van der Waals surface area contributed by atoms with Crippen molar-refractivity contribution in [2.45, 2.75) is 70.8 Å². The fourth-order valence-electron chi connectivity index (χ4n) is 3.26. The van der Waals surface area contributed by atoms with Gasteiger partial charge >= 0.3 is 6.09 Å². The van der Waals surface area contributed by atoms with E-state index in [-0.39, 0.29) is 29.9 Å². The van der Waals surface area contributed by atoms with Crippen molar-refractivity contribution < 1.29 is 18.7 Å². The van der Waals surface area contributed by atoms with E-state index in [0.717, 1.165) is 16.7 Å². The van der Waals surface area contributed by atoms with Crippen molar-refractivity contribution in [2.24, 2.45) is 0 Å². The van der Waals surface area contributed by atoms with E-state index in [2.05, 4.69) is 40.4 Å². The van der Waals surface area contributed by atoms with Crippen LogP contribution in [0.2, 0.25) is 18.1 Å². The molecule has 0 aromatic carbocycles. The summed E-state index contributed by atoms with van der Waals surface area (Å²) in [5.74, 6) is 0. The van der Waals surface area contributed by atoms with Crippen LogP contribution in [0.25, 0.3) is 0 Å². The van der Waals surface area contributed by atoms with Crippen LogP contribution in [-0.2, 0) is 15.6 Å². The smallest absolute Gasteiger partial charge is 0.410 e. The predicted molar refractivity (Wildman–Crippen MR) is 113 cm³/mol. The highest BCUT2D eigenvalue weighted by Crippen LogP contribution is 2.39. The molecule has 0 N–H and O–H groups in total. The third-order valence-corrected chi connectivity index (χ3v) is 10.5. The number of hydrogen-bond acceptors (Lipinski definition) is 4. The van der Waals surface area contributed by atoms with Gasteiger partial charge in [-0.3, -0.25) is 0 Å². The molecule has 0 unspecified atom stereocenters. The number of aromatic nitrogens is 1. The van der Waals surface area contributed by atoms with Gasteiger partial charge in [0.05, 0.1) is 6.10 Å². The summed E-state index contributed by atoms with van der Waals surface area (Å²) in [6, 6.07) is 3.63. The molecule has 1 amide bonds. The van der Waals surface area contributed by atoms with Gasteiger partial charge in [-0.25, -0.2) is 4.79 Å². The van der Waals surface area contributed by atoms with Crippen LogP contribution in [0, 0.1) is 12.1 Å². The summed E-state index contributed by atoms with van der Waals surface area (Å²) >= 11 is 0. The van der Waals surface area contributed by atoms with Gasteiger partial charge in [0.25, 0.3) is 0 Å². The van der Waals surface area contributed by atoms with Crippen molar-refractivity contribution in [3.05, 3.63) is 47.4 Å². The Morgan fingerprint density at radius 1 is 1.46 bits per heavy atom. The number of nitrogens with zero attached hydrogens (tertiary/aromatic N) is 2. The molecular weight excluding hydrogens is 372 g/mol. The Balaban J connectivity index is 2.20. The molecule has 1 aliphatic heterocycles. The SMILES string of the molecule is C=CCOC(=O)N1C[C@H](O[Si](C)(C)C(C)(C)C)C[C@H]1Cc1ccc[n+]([O-])c1C.